The van der Waals surface area contributed by atoms with Crippen LogP contribution in [0.15, 0.2) is 12.2 Å². The van der Waals surface area contributed by atoms with Crippen molar-refractivity contribution in [2.24, 2.45) is 0 Å². The molecule has 0 heterocycles. The van der Waals surface area contributed by atoms with Crippen LogP contribution in [0, 0.1) is 0 Å². The fourth-order valence-electron chi connectivity index (χ4n) is 1.42. The van der Waals surface area contributed by atoms with Gasteiger partial charge in [-0.05, 0) is 25.7 Å². The van der Waals surface area contributed by atoms with Crippen LogP contribution >= 0.6 is 0 Å². The standard InChI is InChI=1S/C14H24O4/c1-2-3-4-5-6-9-12-18-14(17)11-8-7-10-13(15)16/h5-6H,2-4,7-12H2,1H3,(H,15,16)/b6-5-. The van der Waals surface area contributed by atoms with Gasteiger partial charge in [-0.1, -0.05) is 31.9 Å². The molecular formula is C14H24O4. The molecule has 0 rings (SSSR count). The molecular weight excluding hydrogens is 232 g/mol. The van der Waals surface area contributed by atoms with E-state index in [0.717, 1.165) is 12.8 Å². The van der Waals surface area contributed by atoms with Crippen molar-refractivity contribution in [1.29, 1.82) is 0 Å². The summed E-state index contributed by atoms with van der Waals surface area (Å²) in [6.45, 7) is 2.57. The highest BCUT2D eigenvalue weighted by atomic mass is 16.5. The molecule has 0 saturated heterocycles. The number of allylic oxidation sites excluding steroid dienone is 1. The minimum absolute atomic E-state index is 0.118. The van der Waals surface area contributed by atoms with E-state index in [4.69, 9.17) is 9.84 Å². The number of carboxylic acids is 1. The number of unbranched alkanes of at least 4 members (excludes halogenated alkanes) is 3. The summed E-state index contributed by atoms with van der Waals surface area (Å²) >= 11 is 0. The third-order valence-corrected chi connectivity index (χ3v) is 2.46. The summed E-state index contributed by atoms with van der Waals surface area (Å²) in [6, 6.07) is 0. The Morgan fingerprint density at radius 2 is 1.72 bits per heavy atom. The van der Waals surface area contributed by atoms with Gasteiger partial charge in [0.25, 0.3) is 0 Å². The number of esters is 1. The highest BCUT2D eigenvalue weighted by molar-refractivity contribution is 5.69. The lowest BCUT2D eigenvalue weighted by Gasteiger charge is -2.02. The predicted octanol–water partition coefficient (Wildman–Crippen LogP) is 3.31. The molecule has 4 nitrogen and oxygen atoms in total. The molecule has 0 spiro atoms. The van der Waals surface area contributed by atoms with Gasteiger partial charge in [0, 0.05) is 12.8 Å². The largest absolute Gasteiger partial charge is 0.481 e. The Kier molecular flexibility index (Phi) is 11.3. The first-order chi connectivity index (χ1) is 8.66. The molecule has 0 aliphatic rings. The molecule has 4 heteroatoms. The molecule has 0 bridgehead atoms. The van der Waals surface area contributed by atoms with Gasteiger partial charge in [0.15, 0.2) is 0 Å². The number of carboxylic acid groups (broad SMARTS) is 1. The van der Waals surface area contributed by atoms with E-state index in [2.05, 4.69) is 13.0 Å². The van der Waals surface area contributed by atoms with Gasteiger partial charge in [-0.2, -0.15) is 0 Å². The van der Waals surface area contributed by atoms with Gasteiger partial charge >= 0.3 is 11.9 Å². The first-order valence-electron chi connectivity index (χ1n) is 6.69. The van der Waals surface area contributed by atoms with E-state index in [1.54, 1.807) is 0 Å². The molecule has 0 atom stereocenters. The van der Waals surface area contributed by atoms with Crippen molar-refractivity contribution in [3.63, 3.8) is 0 Å². The van der Waals surface area contributed by atoms with E-state index in [1.165, 1.54) is 12.8 Å². The van der Waals surface area contributed by atoms with Crippen LogP contribution in [0.5, 0.6) is 0 Å². The maximum Gasteiger partial charge on any atom is 0.305 e. The van der Waals surface area contributed by atoms with Gasteiger partial charge in [0.05, 0.1) is 6.61 Å². The highest BCUT2D eigenvalue weighted by Gasteiger charge is 2.03. The van der Waals surface area contributed by atoms with Crippen molar-refractivity contribution in [3.8, 4) is 0 Å². The normalized spacial score (nSPS) is 10.7. The van der Waals surface area contributed by atoms with Crippen molar-refractivity contribution in [2.45, 2.75) is 58.3 Å². The zero-order chi connectivity index (χ0) is 13.6. The number of carbonyl (C=O) groups excluding carboxylic acids is 1. The number of hydrogen-bond donors (Lipinski definition) is 1. The lowest BCUT2D eigenvalue weighted by Crippen LogP contribution is -2.05. The average molecular weight is 256 g/mol. The Balaban J connectivity index is 3.31. The molecule has 0 aromatic rings. The van der Waals surface area contributed by atoms with Crippen molar-refractivity contribution in [1.82, 2.24) is 0 Å². The molecule has 0 unspecified atom stereocenters. The summed E-state index contributed by atoms with van der Waals surface area (Å²) in [5, 5.41) is 8.42. The van der Waals surface area contributed by atoms with E-state index in [0.29, 0.717) is 25.9 Å². The molecule has 0 aromatic heterocycles. The van der Waals surface area contributed by atoms with E-state index in [1.807, 2.05) is 6.08 Å². The maximum atomic E-state index is 11.2. The fraction of sp³-hybridized carbons (Fsp3) is 0.714. The average Bonchev–Trinajstić information content (AvgIpc) is 2.33. The predicted molar refractivity (Wildman–Crippen MR) is 70.3 cm³/mol. The molecule has 104 valence electrons. The maximum absolute atomic E-state index is 11.2. The molecule has 0 saturated carbocycles. The number of ether oxygens (including phenoxy) is 1. The van der Waals surface area contributed by atoms with Crippen LogP contribution in [0.1, 0.15) is 58.3 Å². The first-order valence-corrected chi connectivity index (χ1v) is 6.69. The summed E-state index contributed by atoms with van der Waals surface area (Å²) in [7, 11) is 0. The minimum Gasteiger partial charge on any atom is -0.481 e. The van der Waals surface area contributed by atoms with Crippen molar-refractivity contribution >= 4 is 11.9 Å². The Morgan fingerprint density at radius 3 is 2.39 bits per heavy atom. The molecule has 0 fully saturated rings. The van der Waals surface area contributed by atoms with E-state index in [9.17, 15) is 9.59 Å². The highest BCUT2D eigenvalue weighted by Crippen LogP contribution is 2.02. The van der Waals surface area contributed by atoms with Crippen LogP contribution in [-0.2, 0) is 14.3 Å². The van der Waals surface area contributed by atoms with Crippen LogP contribution in [0.3, 0.4) is 0 Å². The Morgan fingerprint density at radius 1 is 1.06 bits per heavy atom. The van der Waals surface area contributed by atoms with E-state index >= 15 is 0 Å². The molecule has 0 radical (unpaired) electrons. The lowest BCUT2D eigenvalue weighted by molar-refractivity contribution is -0.144. The Bertz CT molecular complexity index is 259. The number of rotatable bonds is 11. The third-order valence-electron chi connectivity index (χ3n) is 2.46. The van der Waals surface area contributed by atoms with Crippen LogP contribution in [-0.4, -0.2) is 23.7 Å². The topological polar surface area (TPSA) is 63.6 Å². The Hall–Kier alpha value is -1.32. The second kappa shape index (κ2) is 12.1. The zero-order valence-corrected chi connectivity index (χ0v) is 11.2. The summed E-state index contributed by atoms with van der Waals surface area (Å²) in [5.41, 5.74) is 0. The van der Waals surface area contributed by atoms with Gasteiger partial charge in [0.2, 0.25) is 0 Å². The third kappa shape index (κ3) is 12.7. The fourth-order valence-corrected chi connectivity index (χ4v) is 1.42. The number of aliphatic carboxylic acids is 1. The number of carbonyl (C=O) groups is 2. The number of hydrogen-bond acceptors (Lipinski definition) is 3. The lowest BCUT2D eigenvalue weighted by atomic mass is 10.2. The quantitative estimate of drug-likeness (QED) is 0.350. The molecule has 0 aliphatic carbocycles. The summed E-state index contributed by atoms with van der Waals surface area (Å²) < 4.78 is 5.02. The van der Waals surface area contributed by atoms with Crippen LogP contribution in [0.25, 0.3) is 0 Å². The summed E-state index contributed by atoms with van der Waals surface area (Å²) in [4.78, 5) is 21.5. The van der Waals surface area contributed by atoms with Crippen molar-refractivity contribution in [2.75, 3.05) is 6.61 Å². The zero-order valence-electron chi connectivity index (χ0n) is 11.2. The van der Waals surface area contributed by atoms with Crippen molar-refractivity contribution in [3.05, 3.63) is 12.2 Å². The van der Waals surface area contributed by atoms with Gasteiger partial charge in [-0.3, -0.25) is 9.59 Å². The summed E-state index contributed by atoms with van der Waals surface area (Å²) in [6.07, 6.45) is 9.91. The molecule has 1 N–H and O–H groups in total. The van der Waals surface area contributed by atoms with E-state index in [-0.39, 0.29) is 12.4 Å². The van der Waals surface area contributed by atoms with Crippen LogP contribution in [0.4, 0.5) is 0 Å². The first kappa shape index (κ1) is 16.7. The molecule has 0 aliphatic heterocycles. The smallest absolute Gasteiger partial charge is 0.305 e. The van der Waals surface area contributed by atoms with Gasteiger partial charge < -0.3 is 9.84 Å². The van der Waals surface area contributed by atoms with Gasteiger partial charge in [0.1, 0.15) is 0 Å². The Labute approximate surface area is 109 Å². The monoisotopic (exact) mass is 256 g/mol. The molecule has 0 aromatic carbocycles. The van der Waals surface area contributed by atoms with E-state index < -0.39 is 5.97 Å². The van der Waals surface area contributed by atoms with Crippen LogP contribution < -0.4 is 0 Å². The minimum atomic E-state index is -0.819. The van der Waals surface area contributed by atoms with Gasteiger partial charge in [-0.15, -0.1) is 0 Å². The summed E-state index contributed by atoms with van der Waals surface area (Å²) in [5.74, 6) is -1.05. The van der Waals surface area contributed by atoms with Gasteiger partial charge in [-0.25, -0.2) is 0 Å². The van der Waals surface area contributed by atoms with Crippen LogP contribution in [0.2, 0.25) is 0 Å². The molecule has 0 amide bonds. The second-order valence-corrected chi connectivity index (χ2v) is 4.22. The van der Waals surface area contributed by atoms with Crippen molar-refractivity contribution < 1.29 is 19.4 Å². The molecule has 18 heavy (non-hydrogen) atoms. The second-order valence-electron chi connectivity index (χ2n) is 4.22. The SMILES string of the molecule is CCCC/C=C\CCOC(=O)CCCCC(=O)O.